The molecule has 16 heavy (non-hydrogen) atoms. The second kappa shape index (κ2) is 4.63. The molecule has 1 rings (SSSR count). The molecule has 96 valence electrons. The zero-order valence-corrected chi connectivity index (χ0v) is 11.7. The van der Waals surface area contributed by atoms with Crippen molar-refractivity contribution in [2.75, 3.05) is 26.7 Å². The van der Waals surface area contributed by atoms with E-state index in [0.29, 0.717) is 0 Å². The van der Waals surface area contributed by atoms with Gasteiger partial charge < -0.3 is 10.0 Å². The van der Waals surface area contributed by atoms with Gasteiger partial charge in [0.15, 0.2) is 0 Å². The van der Waals surface area contributed by atoms with Crippen LogP contribution in [0.2, 0.25) is 0 Å². The van der Waals surface area contributed by atoms with E-state index in [0.717, 1.165) is 19.5 Å². The first-order valence-corrected chi connectivity index (χ1v) is 6.27. The van der Waals surface area contributed by atoms with Gasteiger partial charge >= 0.3 is 0 Å². The smallest absolute Gasteiger partial charge is 0.0599 e. The summed E-state index contributed by atoms with van der Waals surface area (Å²) >= 11 is 0. The van der Waals surface area contributed by atoms with Crippen LogP contribution >= 0.6 is 0 Å². The van der Waals surface area contributed by atoms with Gasteiger partial charge in [-0.15, -0.1) is 0 Å². The summed E-state index contributed by atoms with van der Waals surface area (Å²) in [5, 5.41) is 9.63. The second-order valence-electron chi connectivity index (χ2n) is 6.70. The molecule has 0 saturated carbocycles. The van der Waals surface area contributed by atoms with Gasteiger partial charge in [0, 0.05) is 23.7 Å². The molecule has 0 radical (unpaired) electrons. The number of aliphatic hydroxyl groups is 1. The van der Waals surface area contributed by atoms with Crippen molar-refractivity contribution in [1.29, 1.82) is 0 Å². The van der Waals surface area contributed by atoms with Crippen molar-refractivity contribution >= 4 is 0 Å². The van der Waals surface area contributed by atoms with Crippen LogP contribution in [-0.2, 0) is 0 Å². The molecule has 0 bridgehead atoms. The van der Waals surface area contributed by atoms with Gasteiger partial charge in [0.25, 0.3) is 0 Å². The molecule has 1 aliphatic heterocycles. The van der Waals surface area contributed by atoms with Crippen LogP contribution in [0, 0.1) is 0 Å². The lowest BCUT2D eigenvalue weighted by Crippen LogP contribution is -2.60. The first-order valence-electron chi connectivity index (χ1n) is 6.27. The van der Waals surface area contributed by atoms with E-state index in [4.69, 9.17) is 0 Å². The highest BCUT2D eigenvalue weighted by atomic mass is 16.3. The minimum Gasteiger partial charge on any atom is -0.395 e. The van der Waals surface area contributed by atoms with Gasteiger partial charge in [-0.05, 0) is 54.6 Å². The number of hydrogen-bond donors (Lipinski definition) is 1. The lowest BCUT2D eigenvalue weighted by atomic mass is 9.90. The molecule has 0 aromatic rings. The van der Waals surface area contributed by atoms with Crippen LogP contribution in [-0.4, -0.2) is 58.8 Å². The molecular formula is C13H28N2O. The van der Waals surface area contributed by atoms with E-state index in [-0.39, 0.29) is 23.7 Å². The summed E-state index contributed by atoms with van der Waals surface area (Å²) in [6.45, 7) is 13.6. The van der Waals surface area contributed by atoms with Crippen LogP contribution in [0.5, 0.6) is 0 Å². The van der Waals surface area contributed by atoms with E-state index in [1.807, 2.05) is 0 Å². The van der Waals surface area contributed by atoms with Crippen LogP contribution in [0.25, 0.3) is 0 Å². The van der Waals surface area contributed by atoms with Crippen LogP contribution in [0.1, 0.15) is 41.0 Å². The minimum absolute atomic E-state index is 0.0993. The lowest BCUT2D eigenvalue weighted by Gasteiger charge is -2.49. The van der Waals surface area contributed by atoms with Crippen molar-refractivity contribution in [3.8, 4) is 0 Å². The fraction of sp³-hybridized carbons (Fsp3) is 1.00. The molecule has 1 heterocycles. The zero-order chi connectivity index (χ0) is 12.6. The molecule has 0 spiro atoms. The standard InChI is InChI=1S/C13H28N2O/c1-12(2,3)15-11(10-16)9-14(6)8-7-13(15,4)5/h11,16H,7-10H2,1-6H3. The van der Waals surface area contributed by atoms with Crippen LogP contribution in [0.4, 0.5) is 0 Å². The van der Waals surface area contributed by atoms with E-state index >= 15 is 0 Å². The van der Waals surface area contributed by atoms with Gasteiger partial charge in [-0.25, -0.2) is 0 Å². The fourth-order valence-corrected chi connectivity index (χ4v) is 3.21. The molecular weight excluding hydrogens is 200 g/mol. The summed E-state index contributed by atoms with van der Waals surface area (Å²) in [6, 6.07) is 0.238. The number of hydrogen-bond acceptors (Lipinski definition) is 3. The van der Waals surface area contributed by atoms with Gasteiger partial charge in [0.2, 0.25) is 0 Å². The number of rotatable bonds is 1. The third-order valence-electron chi connectivity index (χ3n) is 3.58. The molecule has 1 N–H and O–H groups in total. The van der Waals surface area contributed by atoms with Gasteiger partial charge in [-0.1, -0.05) is 0 Å². The lowest BCUT2D eigenvalue weighted by molar-refractivity contribution is -0.0291. The Morgan fingerprint density at radius 2 is 1.88 bits per heavy atom. The average Bonchev–Trinajstić information content (AvgIpc) is 2.21. The monoisotopic (exact) mass is 228 g/mol. The van der Waals surface area contributed by atoms with Crippen molar-refractivity contribution in [2.45, 2.75) is 58.2 Å². The summed E-state index contributed by atoms with van der Waals surface area (Å²) in [4.78, 5) is 4.82. The minimum atomic E-state index is 0.0993. The molecule has 1 fully saturated rings. The number of likely N-dealkylation sites (N-methyl/N-ethyl adjacent to an activating group) is 1. The van der Waals surface area contributed by atoms with Crippen molar-refractivity contribution in [1.82, 2.24) is 9.80 Å². The first-order chi connectivity index (χ1) is 7.18. The van der Waals surface area contributed by atoms with E-state index < -0.39 is 0 Å². The third-order valence-corrected chi connectivity index (χ3v) is 3.58. The van der Waals surface area contributed by atoms with E-state index in [2.05, 4.69) is 51.5 Å². The fourth-order valence-electron chi connectivity index (χ4n) is 3.21. The Kier molecular flexibility index (Phi) is 4.04. The number of aliphatic hydroxyl groups excluding tert-OH is 1. The normalized spacial score (nSPS) is 29.1. The van der Waals surface area contributed by atoms with E-state index in [1.165, 1.54) is 0 Å². The van der Waals surface area contributed by atoms with E-state index in [9.17, 15) is 5.11 Å². The number of nitrogens with zero attached hydrogens (tertiary/aromatic N) is 2. The van der Waals surface area contributed by atoms with Gasteiger partial charge in [0.1, 0.15) is 0 Å². The quantitative estimate of drug-likeness (QED) is 0.738. The van der Waals surface area contributed by atoms with Crippen molar-refractivity contribution < 1.29 is 5.11 Å². The van der Waals surface area contributed by atoms with Gasteiger partial charge in [-0.2, -0.15) is 0 Å². The average molecular weight is 228 g/mol. The predicted molar refractivity (Wildman–Crippen MR) is 68.7 cm³/mol. The highest BCUT2D eigenvalue weighted by Gasteiger charge is 2.41. The van der Waals surface area contributed by atoms with Gasteiger partial charge in [-0.3, -0.25) is 4.90 Å². The maximum absolute atomic E-state index is 9.63. The topological polar surface area (TPSA) is 26.7 Å². The zero-order valence-electron chi connectivity index (χ0n) is 11.7. The summed E-state index contributed by atoms with van der Waals surface area (Å²) in [6.07, 6.45) is 1.15. The summed E-state index contributed by atoms with van der Waals surface area (Å²) in [7, 11) is 2.14. The molecule has 3 heteroatoms. The second-order valence-corrected chi connectivity index (χ2v) is 6.70. The van der Waals surface area contributed by atoms with E-state index in [1.54, 1.807) is 0 Å². The molecule has 1 aliphatic rings. The Hall–Kier alpha value is -0.120. The largest absolute Gasteiger partial charge is 0.395 e. The Labute approximate surface area is 100 Å². The van der Waals surface area contributed by atoms with Crippen LogP contribution < -0.4 is 0 Å². The molecule has 0 aromatic carbocycles. The highest BCUT2D eigenvalue weighted by Crippen LogP contribution is 2.32. The van der Waals surface area contributed by atoms with Crippen molar-refractivity contribution in [3.63, 3.8) is 0 Å². The van der Waals surface area contributed by atoms with Crippen LogP contribution in [0.15, 0.2) is 0 Å². The molecule has 0 aliphatic carbocycles. The molecule has 0 aromatic heterocycles. The Morgan fingerprint density at radius 1 is 1.31 bits per heavy atom. The first kappa shape index (κ1) is 13.9. The summed E-state index contributed by atoms with van der Waals surface area (Å²) in [5.41, 5.74) is 0.248. The predicted octanol–water partition coefficient (Wildman–Crippen LogP) is 1.56. The molecule has 0 amide bonds. The Morgan fingerprint density at radius 3 is 2.31 bits per heavy atom. The maximum atomic E-state index is 9.63. The third kappa shape index (κ3) is 2.96. The molecule has 3 nitrogen and oxygen atoms in total. The van der Waals surface area contributed by atoms with Gasteiger partial charge in [0.05, 0.1) is 6.61 Å². The molecule has 1 atom stereocenters. The van der Waals surface area contributed by atoms with Crippen molar-refractivity contribution in [2.24, 2.45) is 0 Å². The summed E-state index contributed by atoms with van der Waals surface area (Å²) < 4.78 is 0. The Balaban J connectivity index is 3.02. The molecule has 1 saturated heterocycles. The van der Waals surface area contributed by atoms with Crippen molar-refractivity contribution in [3.05, 3.63) is 0 Å². The summed E-state index contributed by atoms with van der Waals surface area (Å²) in [5.74, 6) is 0. The molecule has 1 unspecified atom stereocenters. The SMILES string of the molecule is CN1CCC(C)(C)N(C(C)(C)C)C(CO)C1. The van der Waals surface area contributed by atoms with Crippen LogP contribution in [0.3, 0.4) is 0 Å². The highest BCUT2D eigenvalue weighted by molar-refractivity contribution is 4.97. The Bertz CT molecular complexity index is 233. The maximum Gasteiger partial charge on any atom is 0.0599 e.